The Kier molecular flexibility index (Phi) is 11.5. The van der Waals surface area contributed by atoms with Gasteiger partial charge in [0.2, 0.25) is 0 Å². The van der Waals surface area contributed by atoms with Crippen molar-refractivity contribution >= 4 is 6.16 Å². The molecular weight excluding hydrogens is 484 g/mol. The molecule has 0 heterocycles. The van der Waals surface area contributed by atoms with Crippen LogP contribution in [0.2, 0.25) is 0 Å². The Labute approximate surface area is 222 Å². The maximum Gasteiger partial charge on any atom is 0.115 e. The molecule has 0 atom stereocenters. The van der Waals surface area contributed by atoms with Crippen molar-refractivity contribution in [3.63, 3.8) is 0 Å². The number of hydrogen-bond acceptors (Lipinski definition) is 7. The summed E-state index contributed by atoms with van der Waals surface area (Å²) in [7, 11) is 0. The van der Waals surface area contributed by atoms with Crippen molar-refractivity contribution in [2.75, 3.05) is 0 Å². The number of carboxylic acid groups (broad SMARTS) is 2. The van der Waals surface area contributed by atoms with E-state index in [9.17, 15) is 20.4 Å². The summed E-state index contributed by atoms with van der Waals surface area (Å²) in [6.07, 6.45) is -0.370. The smallest absolute Gasteiger partial charge is 0.115 e. The molecule has 200 valence electrons. The molecule has 0 bridgehead atoms. The van der Waals surface area contributed by atoms with Crippen LogP contribution in [0.1, 0.15) is 60.8 Å². The van der Waals surface area contributed by atoms with Gasteiger partial charge in [-0.3, -0.25) is 0 Å². The molecule has 4 N–H and O–H groups in total. The summed E-state index contributed by atoms with van der Waals surface area (Å²) < 4.78 is 0. The first-order valence-electron chi connectivity index (χ1n) is 12.2. The highest BCUT2D eigenvalue weighted by molar-refractivity contribution is 5.47. The van der Waals surface area contributed by atoms with Gasteiger partial charge in [0.25, 0.3) is 0 Å². The van der Waals surface area contributed by atoms with Crippen molar-refractivity contribution in [1.82, 2.24) is 0 Å². The highest BCUT2D eigenvalue weighted by Crippen LogP contribution is 2.31. The van der Waals surface area contributed by atoms with Gasteiger partial charge in [0.15, 0.2) is 0 Å². The lowest BCUT2D eigenvalue weighted by molar-refractivity contribution is -0.415. The average molecular weight is 517 g/mol. The van der Waals surface area contributed by atoms with Gasteiger partial charge in [0, 0.05) is 11.8 Å². The number of rotatable bonds is 6. The van der Waals surface area contributed by atoms with E-state index in [2.05, 4.69) is 13.8 Å². The molecule has 4 aromatic carbocycles. The van der Waals surface area contributed by atoms with Crippen LogP contribution >= 0.6 is 0 Å². The Hall–Kier alpha value is -4.65. The molecule has 0 fully saturated rings. The van der Waals surface area contributed by atoms with E-state index < -0.39 is 6.16 Å². The van der Waals surface area contributed by atoms with Crippen LogP contribution < -0.4 is 10.2 Å². The Morgan fingerprint density at radius 2 is 0.658 bits per heavy atom. The fraction of sp³-hybridized carbons (Fsp3) is 0.194. The molecule has 0 unspecified atom stereocenters. The summed E-state index contributed by atoms with van der Waals surface area (Å²) in [5.41, 5.74) is 4.71. The predicted molar refractivity (Wildman–Crippen MR) is 142 cm³/mol. The zero-order valence-electron chi connectivity index (χ0n) is 21.3. The maximum atomic E-state index is 9.29. The van der Waals surface area contributed by atoms with Crippen LogP contribution in [-0.2, 0) is 0 Å². The van der Waals surface area contributed by atoms with Crippen LogP contribution in [-0.4, -0.2) is 26.6 Å². The van der Waals surface area contributed by atoms with E-state index in [0.717, 1.165) is 12.8 Å². The molecule has 0 aliphatic carbocycles. The number of phenols is 4. The normalized spacial score (nSPS) is 10.2. The van der Waals surface area contributed by atoms with Gasteiger partial charge in [-0.15, -0.1) is 0 Å². The van der Waals surface area contributed by atoms with Crippen LogP contribution in [0.15, 0.2) is 97.1 Å². The van der Waals surface area contributed by atoms with Crippen molar-refractivity contribution in [2.24, 2.45) is 0 Å². The van der Waals surface area contributed by atoms with E-state index in [1.165, 1.54) is 22.3 Å². The third-order valence-corrected chi connectivity index (χ3v) is 6.00. The summed E-state index contributed by atoms with van der Waals surface area (Å²) in [6.45, 7) is 4.26. The molecule has 38 heavy (non-hydrogen) atoms. The minimum absolute atomic E-state index is 0.286. The van der Waals surface area contributed by atoms with Gasteiger partial charge in [-0.05, 0) is 89.8 Å². The Morgan fingerprint density at radius 1 is 0.500 bits per heavy atom. The van der Waals surface area contributed by atoms with Crippen molar-refractivity contribution in [3.05, 3.63) is 119 Å². The molecule has 4 rings (SSSR count). The highest BCUT2D eigenvalue weighted by atomic mass is 16.6. The van der Waals surface area contributed by atoms with Crippen molar-refractivity contribution in [2.45, 2.75) is 38.5 Å². The van der Waals surface area contributed by atoms with Gasteiger partial charge in [-0.2, -0.15) is 0 Å². The summed E-state index contributed by atoms with van der Waals surface area (Å²) >= 11 is 0. The third-order valence-electron chi connectivity index (χ3n) is 6.00. The minimum Gasteiger partial charge on any atom is -0.652 e. The van der Waals surface area contributed by atoms with Crippen LogP contribution in [0, 0.1) is 0 Å². The highest BCUT2D eigenvalue weighted by Gasteiger charge is 2.12. The summed E-state index contributed by atoms with van der Waals surface area (Å²) in [5.74, 6) is 1.75. The van der Waals surface area contributed by atoms with Gasteiger partial charge in [-0.1, -0.05) is 62.4 Å². The minimum atomic E-state index is -2.33. The second-order valence-electron chi connectivity index (χ2n) is 8.54. The summed E-state index contributed by atoms with van der Waals surface area (Å²) in [6, 6.07) is 29.2. The fourth-order valence-electron chi connectivity index (χ4n) is 4.15. The van der Waals surface area contributed by atoms with E-state index in [4.69, 9.17) is 15.0 Å². The van der Waals surface area contributed by atoms with E-state index in [0.29, 0.717) is 11.8 Å². The largest absolute Gasteiger partial charge is 0.652 e. The topological polar surface area (TPSA) is 144 Å². The standard InChI is InChI=1S/2C15H16O2.CH2O3/c2*1-2-15(11-3-7-13(16)8-4-11)12-5-9-14(17)10-6-12;2-1(3)4/h2*3-10,15-17H,2H2,1H3;(H2,2,3,4)/p-2. The molecule has 7 nitrogen and oxygen atoms in total. The number of carbonyl (C=O) groups excluding carboxylic acids is 1. The first-order chi connectivity index (χ1) is 18.1. The molecule has 7 heteroatoms. The second kappa shape index (κ2) is 14.8. The van der Waals surface area contributed by atoms with Gasteiger partial charge >= 0.3 is 0 Å². The van der Waals surface area contributed by atoms with Crippen molar-refractivity contribution in [1.29, 1.82) is 0 Å². The number of hydrogen-bond donors (Lipinski definition) is 4. The lowest BCUT2D eigenvalue weighted by Gasteiger charge is -2.16. The van der Waals surface area contributed by atoms with Crippen LogP contribution in [0.3, 0.4) is 0 Å². The number of benzene rings is 4. The quantitative estimate of drug-likeness (QED) is 0.287. The molecule has 4 aromatic rings. The maximum absolute atomic E-state index is 9.29. The molecule has 0 radical (unpaired) electrons. The average Bonchev–Trinajstić information content (AvgIpc) is 2.89. The lowest BCUT2D eigenvalue weighted by atomic mass is 9.89. The van der Waals surface area contributed by atoms with Crippen molar-refractivity contribution < 1.29 is 35.4 Å². The van der Waals surface area contributed by atoms with Crippen LogP contribution in [0.25, 0.3) is 0 Å². The Balaban J connectivity index is 0.000000234. The van der Waals surface area contributed by atoms with Gasteiger partial charge in [0.1, 0.15) is 23.0 Å². The van der Waals surface area contributed by atoms with Crippen LogP contribution in [0.5, 0.6) is 23.0 Å². The van der Waals surface area contributed by atoms with E-state index in [1.807, 2.05) is 48.5 Å². The second-order valence-corrected chi connectivity index (χ2v) is 8.54. The SMILES string of the molecule is CCC(c1ccc(O)cc1)c1ccc(O)cc1.CCC(c1ccc(O)cc1)c1ccc(O)cc1.O=C([O-])[O-]. The number of carbonyl (C=O) groups is 1. The lowest BCUT2D eigenvalue weighted by Crippen LogP contribution is -2.37. The molecular formula is C31H32O7-2. The molecule has 0 spiro atoms. The van der Waals surface area contributed by atoms with Crippen molar-refractivity contribution in [3.8, 4) is 23.0 Å². The molecule has 0 saturated carbocycles. The molecule has 0 saturated heterocycles. The molecule has 0 aliphatic heterocycles. The molecule has 0 amide bonds. The predicted octanol–water partition coefficient (Wildman–Crippen LogP) is 4.83. The van der Waals surface area contributed by atoms with Gasteiger partial charge in [0.05, 0.1) is 0 Å². The van der Waals surface area contributed by atoms with Gasteiger partial charge < -0.3 is 35.4 Å². The Morgan fingerprint density at radius 3 is 0.789 bits per heavy atom. The molecule has 0 aliphatic rings. The zero-order valence-corrected chi connectivity index (χ0v) is 21.3. The number of aromatic hydroxyl groups is 4. The Bertz CT molecular complexity index is 1040. The summed E-state index contributed by atoms with van der Waals surface area (Å²) in [4.78, 5) is 8.33. The monoisotopic (exact) mass is 516 g/mol. The number of phenolic OH excluding ortho intramolecular Hbond substituents is 4. The summed E-state index contributed by atoms with van der Waals surface area (Å²) in [5, 5.41) is 53.8. The van der Waals surface area contributed by atoms with E-state index >= 15 is 0 Å². The first-order valence-corrected chi connectivity index (χ1v) is 12.2. The van der Waals surface area contributed by atoms with E-state index in [1.54, 1.807) is 48.5 Å². The zero-order chi connectivity index (χ0) is 28.1. The third kappa shape index (κ3) is 9.43. The van der Waals surface area contributed by atoms with Gasteiger partial charge in [-0.25, -0.2) is 0 Å². The van der Waals surface area contributed by atoms with E-state index in [-0.39, 0.29) is 23.0 Å². The first kappa shape index (κ1) is 29.6. The fourth-order valence-corrected chi connectivity index (χ4v) is 4.15. The molecule has 0 aromatic heterocycles. The van der Waals surface area contributed by atoms with Crippen LogP contribution in [0.4, 0.5) is 4.79 Å².